The second-order valence-corrected chi connectivity index (χ2v) is 10.8. The van der Waals surface area contributed by atoms with E-state index in [0.717, 1.165) is 44.6 Å². The maximum absolute atomic E-state index is 10.9. The maximum Gasteiger partial charge on any atom is 0.317 e. The number of piperazine rings is 1. The summed E-state index contributed by atoms with van der Waals surface area (Å²) in [4.78, 5) is 24.1. The zero-order valence-electron chi connectivity index (χ0n) is 21.8. The van der Waals surface area contributed by atoms with Gasteiger partial charge in [0.15, 0.2) is 0 Å². The van der Waals surface area contributed by atoms with Gasteiger partial charge in [0, 0.05) is 50.9 Å². The maximum atomic E-state index is 10.9. The van der Waals surface area contributed by atoms with Gasteiger partial charge in [-0.2, -0.15) is 9.97 Å². The second-order valence-electron chi connectivity index (χ2n) is 10.8. The van der Waals surface area contributed by atoms with Crippen molar-refractivity contribution in [2.45, 2.75) is 76.3 Å². The van der Waals surface area contributed by atoms with Gasteiger partial charge in [-0.05, 0) is 64.0 Å². The van der Waals surface area contributed by atoms with Gasteiger partial charge >= 0.3 is 5.97 Å². The van der Waals surface area contributed by atoms with Crippen LogP contribution < -0.4 is 26.6 Å². The molecule has 2 aliphatic carbocycles. The number of nitrogen functional groups attached to an aromatic ring is 1. The van der Waals surface area contributed by atoms with Crippen molar-refractivity contribution in [3.8, 4) is 0 Å². The van der Waals surface area contributed by atoms with Crippen molar-refractivity contribution in [3.63, 3.8) is 0 Å². The Hall–Kier alpha value is -2.17. The third kappa shape index (κ3) is 8.74. The van der Waals surface area contributed by atoms with E-state index in [1.807, 2.05) is 4.90 Å². The Balaban J connectivity index is 1.11. The zero-order chi connectivity index (χ0) is 25.2. The number of nitrogens with one attached hydrogen (secondary N) is 3. The molecule has 1 aliphatic heterocycles. The molecule has 0 aromatic carbocycles. The van der Waals surface area contributed by atoms with Crippen molar-refractivity contribution >= 4 is 23.6 Å². The van der Waals surface area contributed by atoms with E-state index in [1.54, 1.807) is 6.07 Å². The highest BCUT2D eigenvalue weighted by atomic mass is 16.4. The van der Waals surface area contributed by atoms with E-state index < -0.39 is 5.97 Å². The quantitative estimate of drug-likeness (QED) is 0.271. The van der Waals surface area contributed by atoms with Crippen LogP contribution in [-0.2, 0) is 4.79 Å². The molecule has 10 heteroatoms. The molecule has 1 aromatic heterocycles. The lowest BCUT2D eigenvalue weighted by molar-refractivity contribution is -0.138. The molecular weight excluding hydrogens is 456 g/mol. The topological polar surface area (TPSA) is 132 Å². The minimum Gasteiger partial charge on any atom is -0.480 e. The number of aliphatic carboxylic acids is 1. The van der Waals surface area contributed by atoms with Gasteiger partial charge in [0.2, 0.25) is 5.95 Å². The Bertz CT molecular complexity index is 803. The first-order chi connectivity index (χ1) is 17.5. The first-order valence-electron chi connectivity index (χ1n) is 14.1. The molecule has 36 heavy (non-hydrogen) atoms. The van der Waals surface area contributed by atoms with Crippen molar-refractivity contribution < 1.29 is 9.90 Å². The van der Waals surface area contributed by atoms with Crippen LogP contribution in [-0.4, -0.2) is 90.4 Å². The predicted molar refractivity (Wildman–Crippen MR) is 144 cm³/mol. The largest absolute Gasteiger partial charge is 0.480 e. The smallest absolute Gasteiger partial charge is 0.317 e. The molecule has 4 rings (SSSR count). The van der Waals surface area contributed by atoms with Crippen LogP contribution in [0.15, 0.2) is 6.07 Å². The molecular formula is C26H46N8O2. The number of hydrogen-bond acceptors (Lipinski definition) is 9. The van der Waals surface area contributed by atoms with E-state index >= 15 is 0 Å². The van der Waals surface area contributed by atoms with E-state index in [9.17, 15) is 4.79 Å². The van der Waals surface area contributed by atoms with Crippen molar-refractivity contribution in [2.24, 2.45) is 5.92 Å². The minimum absolute atomic E-state index is 0.0853. The standard InChI is InChI=1S/C26H46N8O2/c27-23-17-24(34-15-13-33(14-16-34)19-25(35)36)32-26(31-23)30-18-20-7-9-22(10-8-20)29-12-4-11-28-21-5-2-1-3-6-21/h17,20-22,28-29H,1-16,18-19H2,(H,35,36)(H3,27,30,31,32)/t20-,22-. The van der Waals surface area contributed by atoms with Crippen LogP contribution in [0.25, 0.3) is 0 Å². The summed E-state index contributed by atoms with van der Waals surface area (Å²) >= 11 is 0. The molecule has 3 fully saturated rings. The van der Waals surface area contributed by atoms with Crippen molar-refractivity contribution in [3.05, 3.63) is 6.07 Å². The number of nitrogens with two attached hydrogens (primary N) is 1. The highest BCUT2D eigenvalue weighted by molar-refractivity contribution is 5.69. The van der Waals surface area contributed by atoms with Gasteiger partial charge in [0.25, 0.3) is 0 Å². The molecule has 0 amide bonds. The lowest BCUT2D eigenvalue weighted by Gasteiger charge is -2.34. The van der Waals surface area contributed by atoms with Gasteiger partial charge in [-0.15, -0.1) is 0 Å². The second kappa shape index (κ2) is 13.9. The molecule has 0 atom stereocenters. The Morgan fingerprint density at radius 3 is 2.28 bits per heavy atom. The fourth-order valence-corrected chi connectivity index (χ4v) is 5.83. The van der Waals surface area contributed by atoms with Crippen molar-refractivity contribution in [1.29, 1.82) is 0 Å². The SMILES string of the molecule is Nc1cc(N2CCN(CC(=O)O)CC2)nc(NC[C@H]2CC[C@H](NCCCNC3CCCCC3)CC2)n1. The van der Waals surface area contributed by atoms with Crippen LogP contribution in [0.3, 0.4) is 0 Å². The molecule has 2 saturated carbocycles. The molecule has 0 radical (unpaired) electrons. The van der Waals surface area contributed by atoms with E-state index in [0.29, 0.717) is 36.8 Å². The lowest BCUT2D eigenvalue weighted by atomic mass is 9.86. The van der Waals surface area contributed by atoms with Gasteiger partial charge in [0.1, 0.15) is 11.6 Å². The van der Waals surface area contributed by atoms with Crippen LogP contribution in [0.4, 0.5) is 17.6 Å². The average Bonchev–Trinajstić information content (AvgIpc) is 2.88. The molecule has 0 spiro atoms. The Labute approximate surface area is 215 Å². The minimum atomic E-state index is -0.784. The fraction of sp³-hybridized carbons (Fsp3) is 0.808. The van der Waals surface area contributed by atoms with E-state index in [4.69, 9.17) is 15.8 Å². The summed E-state index contributed by atoms with van der Waals surface area (Å²) in [5, 5.41) is 19.9. The number of carboxylic acid groups (broad SMARTS) is 1. The number of hydrogen-bond donors (Lipinski definition) is 5. The Morgan fingerprint density at radius 2 is 1.61 bits per heavy atom. The number of carboxylic acids is 1. The number of nitrogens with zero attached hydrogens (tertiary/aromatic N) is 4. The summed E-state index contributed by atoms with van der Waals surface area (Å²) in [7, 11) is 0. The van der Waals surface area contributed by atoms with E-state index in [2.05, 4.69) is 25.8 Å². The zero-order valence-corrected chi connectivity index (χ0v) is 21.8. The predicted octanol–water partition coefficient (Wildman–Crippen LogP) is 2.14. The summed E-state index contributed by atoms with van der Waals surface area (Å²) in [6.45, 7) is 6.07. The monoisotopic (exact) mass is 502 g/mol. The average molecular weight is 503 g/mol. The molecule has 0 unspecified atom stereocenters. The van der Waals surface area contributed by atoms with Crippen LogP contribution in [0, 0.1) is 5.92 Å². The fourth-order valence-electron chi connectivity index (χ4n) is 5.83. The third-order valence-corrected chi connectivity index (χ3v) is 8.01. The van der Waals surface area contributed by atoms with Gasteiger partial charge in [-0.1, -0.05) is 19.3 Å². The van der Waals surface area contributed by atoms with Crippen LogP contribution in [0.1, 0.15) is 64.2 Å². The van der Waals surface area contributed by atoms with Crippen LogP contribution >= 0.6 is 0 Å². The molecule has 1 saturated heterocycles. The Morgan fingerprint density at radius 1 is 0.944 bits per heavy atom. The third-order valence-electron chi connectivity index (χ3n) is 8.01. The molecule has 202 valence electrons. The van der Waals surface area contributed by atoms with E-state index in [-0.39, 0.29) is 6.54 Å². The number of rotatable bonds is 12. The van der Waals surface area contributed by atoms with Gasteiger partial charge in [0.05, 0.1) is 6.54 Å². The first kappa shape index (κ1) is 26.9. The van der Waals surface area contributed by atoms with Gasteiger partial charge in [-0.25, -0.2) is 0 Å². The number of anilines is 3. The highest BCUT2D eigenvalue weighted by Crippen LogP contribution is 2.25. The summed E-state index contributed by atoms with van der Waals surface area (Å²) in [6, 6.07) is 3.21. The molecule has 0 bridgehead atoms. The summed E-state index contributed by atoms with van der Waals surface area (Å²) < 4.78 is 0. The molecule has 6 N–H and O–H groups in total. The van der Waals surface area contributed by atoms with Gasteiger partial charge < -0.3 is 31.7 Å². The normalized spacial score (nSPS) is 24.1. The summed E-state index contributed by atoms with van der Waals surface area (Å²) in [6.07, 6.45) is 13.0. The number of carbonyl (C=O) groups is 1. The molecule has 3 aliphatic rings. The summed E-state index contributed by atoms with van der Waals surface area (Å²) in [5.41, 5.74) is 6.08. The van der Waals surface area contributed by atoms with Crippen molar-refractivity contribution in [2.75, 3.05) is 68.3 Å². The van der Waals surface area contributed by atoms with E-state index in [1.165, 1.54) is 64.2 Å². The molecule has 1 aromatic rings. The number of aromatic nitrogens is 2. The Kier molecular flexibility index (Phi) is 10.4. The highest BCUT2D eigenvalue weighted by Gasteiger charge is 2.23. The molecule has 2 heterocycles. The lowest BCUT2D eigenvalue weighted by Crippen LogP contribution is -2.48. The molecule has 10 nitrogen and oxygen atoms in total. The van der Waals surface area contributed by atoms with Crippen molar-refractivity contribution in [1.82, 2.24) is 25.5 Å². The van der Waals surface area contributed by atoms with Crippen LogP contribution in [0.2, 0.25) is 0 Å². The first-order valence-corrected chi connectivity index (χ1v) is 14.1. The summed E-state index contributed by atoms with van der Waals surface area (Å²) in [5.74, 6) is 1.70. The van der Waals surface area contributed by atoms with Crippen LogP contribution in [0.5, 0.6) is 0 Å². The van der Waals surface area contributed by atoms with Gasteiger partial charge in [-0.3, -0.25) is 9.69 Å².